The van der Waals surface area contributed by atoms with Crippen molar-refractivity contribution >= 4 is 11.6 Å². The second-order valence-electron chi connectivity index (χ2n) is 4.97. The van der Waals surface area contributed by atoms with E-state index in [2.05, 4.69) is 20.7 Å². The summed E-state index contributed by atoms with van der Waals surface area (Å²) in [5.41, 5.74) is 2.05. The van der Waals surface area contributed by atoms with E-state index in [1.54, 1.807) is 25.9 Å². The third-order valence-electron chi connectivity index (χ3n) is 3.33. The van der Waals surface area contributed by atoms with Gasteiger partial charge in [-0.1, -0.05) is 0 Å². The molecule has 0 spiro atoms. The molecule has 0 radical (unpaired) electrons. The van der Waals surface area contributed by atoms with Crippen molar-refractivity contribution in [1.29, 1.82) is 0 Å². The summed E-state index contributed by atoms with van der Waals surface area (Å²) in [5.74, 6) is 2.06. The minimum atomic E-state index is 0.670. The highest BCUT2D eigenvalue weighted by Gasteiger charge is 2.06. The topological polar surface area (TPSA) is 72.7 Å². The molecule has 0 unspecified atom stereocenters. The van der Waals surface area contributed by atoms with Crippen molar-refractivity contribution in [2.75, 3.05) is 33.1 Å². The molecule has 0 bridgehead atoms. The molecule has 2 aromatic rings. The summed E-state index contributed by atoms with van der Waals surface area (Å²) in [7, 11) is 6.88. The van der Waals surface area contributed by atoms with Crippen LogP contribution in [0.15, 0.2) is 35.6 Å². The van der Waals surface area contributed by atoms with E-state index in [4.69, 9.17) is 9.47 Å². The molecular formula is C16H23N5O2. The molecule has 0 fully saturated rings. The van der Waals surface area contributed by atoms with E-state index >= 15 is 0 Å². The van der Waals surface area contributed by atoms with Crippen molar-refractivity contribution in [3.63, 3.8) is 0 Å². The van der Waals surface area contributed by atoms with Crippen molar-refractivity contribution in [3.8, 4) is 11.5 Å². The molecule has 0 saturated carbocycles. The van der Waals surface area contributed by atoms with Crippen LogP contribution < -0.4 is 20.1 Å². The average Bonchev–Trinajstić information content (AvgIpc) is 2.99. The number of nitrogens with one attached hydrogen (secondary N) is 2. The van der Waals surface area contributed by atoms with Gasteiger partial charge in [0.05, 0.1) is 20.4 Å². The first-order valence-corrected chi connectivity index (χ1v) is 7.33. The molecule has 23 heavy (non-hydrogen) atoms. The Balaban J connectivity index is 1.91. The highest BCUT2D eigenvalue weighted by molar-refractivity contribution is 5.93. The first-order valence-electron chi connectivity index (χ1n) is 7.33. The average molecular weight is 317 g/mol. The van der Waals surface area contributed by atoms with E-state index < -0.39 is 0 Å². The number of guanidine groups is 1. The number of aromatic nitrogens is 2. The Morgan fingerprint density at radius 2 is 2.04 bits per heavy atom. The number of methoxy groups -OCH3 is 2. The van der Waals surface area contributed by atoms with Crippen LogP contribution in [0.5, 0.6) is 11.5 Å². The van der Waals surface area contributed by atoms with Gasteiger partial charge in [-0.15, -0.1) is 0 Å². The molecule has 1 heterocycles. The van der Waals surface area contributed by atoms with E-state index in [0.29, 0.717) is 17.5 Å². The molecule has 7 nitrogen and oxygen atoms in total. The first kappa shape index (κ1) is 16.7. The fraction of sp³-hybridized carbons (Fsp3) is 0.375. The van der Waals surface area contributed by atoms with Crippen molar-refractivity contribution in [1.82, 2.24) is 15.1 Å². The highest BCUT2D eigenvalue weighted by atomic mass is 16.5. The van der Waals surface area contributed by atoms with E-state index in [1.807, 2.05) is 37.6 Å². The Morgan fingerprint density at radius 1 is 1.26 bits per heavy atom. The van der Waals surface area contributed by atoms with Gasteiger partial charge in [-0.3, -0.25) is 9.67 Å². The van der Waals surface area contributed by atoms with Gasteiger partial charge >= 0.3 is 0 Å². The van der Waals surface area contributed by atoms with Crippen LogP contribution in [-0.4, -0.2) is 43.6 Å². The number of rotatable bonds is 6. The summed E-state index contributed by atoms with van der Waals surface area (Å²) in [6.45, 7) is 0.763. The van der Waals surface area contributed by atoms with Gasteiger partial charge in [-0.2, -0.15) is 5.10 Å². The number of aliphatic imine (C=N–C) groups is 1. The number of hydrogen-bond acceptors (Lipinski definition) is 4. The maximum absolute atomic E-state index is 5.30. The van der Waals surface area contributed by atoms with Crippen LogP contribution in [0.3, 0.4) is 0 Å². The van der Waals surface area contributed by atoms with Gasteiger partial charge in [0.25, 0.3) is 0 Å². The Bertz CT molecular complexity index is 666. The number of nitrogens with zero attached hydrogens (tertiary/aromatic N) is 3. The molecule has 0 atom stereocenters. The molecule has 0 amide bonds. The number of hydrogen-bond donors (Lipinski definition) is 2. The van der Waals surface area contributed by atoms with E-state index in [1.165, 1.54) is 5.56 Å². The summed E-state index contributed by atoms with van der Waals surface area (Å²) in [4.78, 5) is 4.22. The third kappa shape index (κ3) is 4.64. The predicted molar refractivity (Wildman–Crippen MR) is 91.4 cm³/mol. The quantitative estimate of drug-likeness (QED) is 0.626. The van der Waals surface area contributed by atoms with Gasteiger partial charge in [0.15, 0.2) is 17.5 Å². The molecular weight excluding hydrogens is 294 g/mol. The van der Waals surface area contributed by atoms with Crippen LogP contribution in [0, 0.1) is 0 Å². The maximum atomic E-state index is 5.30. The van der Waals surface area contributed by atoms with E-state index in [-0.39, 0.29) is 0 Å². The lowest BCUT2D eigenvalue weighted by molar-refractivity contribution is 0.355. The van der Waals surface area contributed by atoms with Crippen LogP contribution in [0.1, 0.15) is 5.56 Å². The van der Waals surface area contributed by atoms with E-state index in [0.717, 1.165) is 18.7 Å². The lowest BCUT2D eigenvalue weighted by atomic mass is 10.2. The van der Waals surface area contributed by atoms with Crippen molar-refractivity contribution in [2.24, 2.45) is 12.0 Å². The summed E-state index contributed by atoms with van der Waals surface area (Å²) in [6.07, 6.45) is 4.75. The lowest BCUT2D eigenvalue weighted by Gasteiger charge is -2.13. The second-order valence-corrected chi connectivity index (χ2v) is 4.97. The largest absolute Gasteiger partial charge is 0.493 e. The van der Waals surface area contributed by atoms with Crippen molar-refractivity contribution < 1.29 is 9.47 Å². The molecule has 124 valence electrons. The zero-order chi connectivity index (χ0) is 16.7. The van der Waals surface area contributed by atoms with Crippen LogP contribution in [0.4, 0.5) is 5.69 Å². The van der Waals surface area contributed by atoms with Crippen LogP contribution in [-0.2, 0) is 13.5 Å². The van der Waals surface area contributed by atoms with Crippen molar-refractivity contribution in [3.05, 3.63) is 36.2 Å². The van der Waals surface area contributed by atoms with Crippen LogP contribution >= 0.6 is 0 Å². The minimum Gasteiger partial charge on any atom is -0.493 e. The molecule has 2 rings (SSSR count). The van der Waals surface area contributed by atoms with Gasteiger partial charge in [0.1, 0.15) is 0 Å². The monoisotopic (exact) mass is 317 g/mol. The smallest absolute Gasteiger partial charge is 0.195 e. The predicted octanol–water partition coefficient (Wildman–Crippen LogP) is 1.67. The maximum Gasteiger partial charge on any atom is 0.195 e. The molecule has 2 N–H and O–H groups in total. The molecule has 0 aliphatic heterocycles. The second kappa shape index (κ2) is 8.07. The first-order chi connectivity index (χ1) is 11.2. The Kier molecular flexibility index (Phi) is 5.85. The lowest BCUT2D eigenvalue weighted by Crippen LogP contribution is -2.32. The fourth-order valence-corrected chi connectivity index (χ4v) is 2.16. The summed E-state index contributed by atoms with van der Waals surface area (Å²) in [6, 6.07) is 5.63. The Labute approximate surface area is 136 Å². The SMILES string of the molecule is CN=C(NCCc1cnn(C)c1)Nc1ccc(OC)c(OC)c1. The summed E-state index contributed by atoms with van der Waals surface area (Å²) >= 11 is 0. The standard InChI is InChI=1S/C16H23N5O2/c1-17-16(18-8-7-12-10-19-21(2)11-12)20-13-5-6-14(22-3)15(9-13)23-4/h5-6,9-11H,7-8H2,1-4H3,(H2,17,18,20). The number of anilines is 1. The van der Waals surface area contributed by atoms with Gasteiger partial charge in [0.2, 0.25) is 0 Å². The molecule has 0 aliphatic rings. The number of aryl methyl sites for hydroxylation is 1. The van der Waals surface area contributed by atoms with Crippen molar-refractivity contribution in [2.45, 2.75) is 6.42 Å². The summed E-state index contributed by atoms with van der Waals surface area (Å²) < 4.78 is 12.3. The molecule has 1 aromatic heterocycles. The van der Waals surface area contributed by atoms with Gasteiger partial charge in [-0.05, 0) is 24.1 Å². The van der Waals surface area contributed by atoms with Gasteiger partial charge in [-0.25, -0.2) is 0 Å². The molecule has 0 aliphatic carbocycles. The van der Waals surface area contributed by atoms with Gasteiger partial charge in [0, 0.05) is 38.6 Å². The Hall–Kier alpha value is -2.70. The van der Waals surface area contributed by atoms with Gasteiger partial charge < -0.3 is 20.1 Å². The summed E-state index contributed by atoms with van der Waals surface area (Å²) in [5, 5.41) is 10.7. The normalized spacial score (nSPS) is 11.2. The van der Waals surface area contributed by atoms with Crippen LogP contribution in [0.25, 0.3) is 0 Å². The Morgan fingerprint density at radius 3 is 2.65 bits per heavy atom. The van der Waals surface area contributed by atoms with Crippen LogP contribution in [0.2, 0.25) is 0 Å². The minimum absolute atomic E-state index is 0.670. The number of benzene rings is 1. The number of ether oxygens (including phenoxy) is 2. The molecule has 1 aromatic carbocycles. The molecule has 0 saturated heterocycles. The zero-order valence-electron chi connectivity index (χ0n) is 14.0. The third-order valence-corrected chi connectivity index (χ3v) is 3.33. The van der Waals surface area contributed by atoms with E-state index in [9.17, 15) is 0 Å². The highest BCUT2D eigenvalue weighted by Crippen LogP contribution is 2.29. The molecule has 7 heteroatoms. The zero-order valence-corrected chi connectivity index (χ0v) is 14.0. The fourth-order valence-electron chi connectivity index (χ4n) is 2.16.